The van der Waals surface area contributed by atoms with E-state index >= 15 is 0 Å². The van der Waals surface area contributed by atoms with Crippen LogP contribution in [0.5, 0.6) is 0 Å². The summed E-state index contributed by atoms with van der Waals surface area (Å²) in [6.07, 6.45) is 7.12. The third-order valence-electron chi connectivity index (χ3n) is 5.05. The highest BCUT2D eigenvalue weighted by Gasteiger charge is 2.22. The molecule has 1 amide bonds. The van der Waals surface area contributed by atoms with Crippen molar-refractivity contribution in [3.05, 3.63) is 53.3 Å². The van der Waals surface area contributed by atoms with Crippen molar-refractivity contribution < 1.29 is 4.79 Å². The molecule has 3 rings (SSSR count). The molecule has 1 aliphatic carbocycles. The SMILES string of the molecule is CCc1c(C(=O)NC2CCC(C)CC2)cnn1Cc1ccccc1. The number of amides is 1. The van der Waals surface area contributed by atoms with Crippen LogP contribution in [0.2, 0.25) is 0 Å². The van der Waals surface area contributed by atoms with E-state index in [0.29, 0.717) is 12.6 Å². The van der Waals surface area contributed by atoms with Gasteiger partial charge in [-0.3, -0.25) is 9.48 Å². The number of hydrogen-bond acceptors (Lipinski definition) is 2. The molecular weight excluding hydrogens is 298 g/mol. The quantitative estimate of drug-likeness (QED) is 0.909. The van der Waals surface area contributed by atoms with Crippen LogP contribution in [0.3, 0.4) is 0 Å². The molecule has 128 valence electrons. The summed E-state index contributed by atoms with van der Waals surface area (Å²) in [5, 5.41) is 7.68. The summed E-state index contributed by atoms with van der Waals surface area (Å²) in [6.45, 7) is 5.08. The lowest BCUT2D eigenvalue weighted by Crippen LogP contribution is -2.37. The Morgan fingerprint density at radius 3 is 2.58 bits per heavy atom. The Kier molecular flexibility index (Phi) is 5.34. The molecule has 0 spiro atoms. The largest absolute Gasteiger partial charge is 0.349 e. The van der Waals surface area contributed by atoms with Crippen molar-refractivity contribution in [1.82, 2.24) is 15.1 Å². The lowest BCUT2D eigenvalue weighted by Gasteiger charge is -2.26. The van der Waals surface area contributed by atoms with E-state index in [1.54, 1.807) is 6.20 Å². The minimum absolute atomic E-state index is 0.0331. The Morgan fingerprint density at radius 1 is 1.21 bits per heavy atom. The van der Waals surface area contributed by atoms with Gasteiger partial charge in [0.2, 0.25) is 0 Å². The zero-order chi connectivity index (χ0) is 16.9. The smallest absolute Gasteiger partial charge is 0.254 e. The Bertz CT molecular complexity index is 669. The maximum Gasteiger partial charge on any atom is 0.254 e. The second-order valence-electron chi connectivity index (χ2n) is 6.93. The Hall–Kier alpha value is -2.10. The van der Waals surface area contributed by atoms with Crippen LogP contribution in [-0.4, -0.2) is 21.7 Å². The molecule has 4 nitrogen and oxygen atoms in total. The number of nitrogens with zero attached hydrogens (tertiary/aromatic N) is 2. The molecule has 0 aliphatic heterocycles. The van der Waals surface area contributed by atoms with E-state index in [1.165, 1.54) is 18.4 Å². The molecule has 1 heterocycles. The predicted molar refractivity (Wildman–Crippen MR) is 96.0 cm³/mol. The molecule has 0 atom stereocenters. The molecular formula is C20H27N3O. The molecule has 1 aromatic carbocycles. The van der Waals surface area contributed by atoms with Gasteiger partial charge in [0.15, 0.2) is 0 Å². The molecule has 2 aromatic rings. The van der Waals surface area contributed by atoms with Crippen LogP contribution in [0.1, 0.15) is 61.1 Å². The van der Waals surface area contributed by atoms with E-state index in [9.17, 15) is 4.79 Å². The van der Waals surface area contributed by atoms with Gasteiger partial charge in [0.1, 0.15) is 0 Å². The highest BCUT2D eigenvalue weighted by atomic mass is 16.1. The first-order valence-corrected chi connectivity index (χ1v) is 9.06. The van der Waals surface area contributed by atoms with Gasteiger partial charge in [0.25, 0.3) is 5.91 Å². The summed E-state index contributed by atoms with van der Waals surface area (Å²) in [6, 6.07) is 10.6. The van der Waals surface area contributed by atoms with Crippen LogP contribution < -0.4 is 5.32 Å². The molecule has 1 aromatic heterocycles. The summed E-state index contributed by atoms with van der Waals surface area (Å²) in [5.74, 6) is 0.823. The fourth-order valence-electron chi connectivity index (χ4n) is 3.53. The molecule has 0 radical (unpaired) electrons. The molecule has 1 N–H and O–H groups in total. The maximum atomic E-state index is 12.7. The summed E-state index contributed by atoms with van der Waals surface area (Å²) in [5.41, 5.74) is 2.94. The Balaban J connectivity index is 1.70. The highest BCUT2D eigenvalue weighted by Crippen LogP contribution is 2.24. The number of nitrogens with one attached hydrogen (secondary N) is 1. The standard InChI is InChI=1S/C20H27N3O/c1-3-19-18(20(24)22-17-11-9-15(2)10-12-17)13-21-23(19)14-16-7-5-4-6-8-16/h4-8,13,15,17H,3,9-12,14H2,1-2H3,(H,22,24). The fraction of sp³-hybridized carbons (Fsp3) is 0.500. The van der Waals surface area contributed by atoms with Gasteiger partial charge in [-0.05, 0) is 43.6 Å². The van der Waals surface area contributed by atoms with E-state index < -0.39 is 0 Å². The van der Waals surface area contributed by atoms with Crippen molar-refractivity contribution in [2.45, 2.75) is 58.5 Å². The van der Waals surface area contributed by atoms with Crippen molar-refractivity contribution in [3.8, 4) is 0 Å². The summed E-state index contributed by atoms with van der Waals surface area (Å²) in [7, 11) is 0. The van der Waals surface area contributed by atoms with Gasteiger partial charge in [0.05, 0.1) is 24.0 Å². The fourth-order valence-corrected chi connectivity index (χ4v) is 3.53. The first kappa shape index (κ1) is 16.7. The van der Waals surface area contributed by atoms with E-state index in [1.807, 2.05) is 22.9 Å². The second kappa shape index (κ2) is 7.65. The highest BCUT2D eigenvalue weighted by molar-refractivity contribution is 5.95. The van der Waals surface area contributed by atoms with E-state index in [-0.39, 0.29) is 5.91 Å². The lowest BCUT2D eigenvalue weighted by molar-refractivity contribution is 0.0922. The number of benzene rings is 1. The van der Waals surface area contributed by atoms with Crippen LogP contribution >= 0.6 is 0 Å². The summed E-state index contributed by atoms with van der Waals surface area (Å²) in [4.78, 5) is 12.7. The number of rotatable bonds is 5. The zero-order valence-corrected chi connectivity index (χ0v) is 14.7. The Labute approximate surface area is 144 Å². The average Bonchev–Trinajstić information content (AvgIpc) is 3.00. The van der Waals surface area contributed by atoms with Crippen molar-refractivity contribution in [2.75, 3.05) is 0 Å². The van der Waals surface area contributed by atoms with Crippen LogP contribution in [-0.2, 0) is 13.0 Å². The first-order valence-electron chi connectivity index (χ1n) is 9.06. The minimum Gasteiger partial charge on any atom is -0.349 e. The van der Waals surface area contributed by atoms with Gasteiger partial charge < -0.3 is 5.32 Å². The maximum absolute atomic E-state index is 12.7. The molecule has 1 fully saturated rings. The number of aromatic nitrogens is 2. The third-order valence-corrected chi connectivity index (χ3v) is 5.05. The van der Waals surface area contributed by atoms with Crippen LogP contribution in [0.25, 0.3) is 0 Å². The van der Waals surface area contributed by atoms with E-state index in [0.717, 1.165) is 36.4 Å². The third kappa shape index (κ3) is 3.86. The van der Waals surface area contributed by atoms with Gasteiger partial charge in [0, 0.05) is 6.04 Å². The van der Waals surface area contributed by atoms with Gasteiger partial charge in [-0.15, -0.1) is 0 Å². The number of hydrogen-bond donors (Lipinski definition) is 1. The number of carbonyl (C=O) groups is 1. The van der Waals surface area contributed by atoms with E-state index in [2.05, 4.69) is 36.4 Å². The van der Waals surface area contributed by atoms with E-state index in [4.69, 9.17) is 0 Å². The number of carbonyl (C=O) groups excluding carboxylic acids is 1. The molecule has 24 heavy (non-hydrogen) atoms. The normalized spacial score (nSPS) is 20.8. The summed E-state index contributed by atoms with van der Waals surface area (Å²) < 4.78 is 1.95. The van der Waals surface area contributed by atoms with Gasteiger partial charge in [-0.2, -0.15) is 5.10 Å². The van der Waals surface area contributed by atoms with Crippen LogP contribution in [0.4, 0.5) is 0 Å². The molecule has 0 saturated heterocycles. The molecule has 0 bridgehead atoms. The average molecular weight is 325 g/mol. The zero-order valence-electron chi connectivity index (χ0n) is 14.7. The van der Waals surface area contributed by atoms with Gasteiger partial charge in [-0.1, -0.05) is 44.2 Å². The van der Waals surface area contributed by atoms with Crippen LogP contribution in [0.15, 0.2) is 36.5 Å². The molecule has 1 aliphatic rings. The van der Waals surface area contributed by atoms with Crippen molar-refractivity contribution in [1.29, 1.82) is 0 Å². The topological polar surface area (TPSA) is 46.9 Å². The second-order valence-corrected chi connectivity index (χ2v) is 6.93. The molecule has 0 unspecified atom stereocenters. The molecule has 4 heteroatoms. The Morgan fingerprint density at radius 2 is 1.92 bits per heavy atom. The lowest BCUT2D eigenvalue weighted by atomic mass is 9.87. The van der Waals surface area contributed by atoms with Gasteiger partial charge >= 0.3 is 0 Å². The van der Waals surface area contributed by atoms with Gasteiger partial charge in [-0.25, -0.2) is 0 Å². The van der Waals surface area contributed by atoms with Crippen LogP contribution in [0, 0.1) is 5.92 Å². The van der Waals surface area contributed by atoms with Crippen molar-refractivity contribution >= 4 is 5.91 Å². The predicted octanol–water partition coefficient (Wildman–Crippen LogP) is 3.80. The molecule has 1 saturated carbocycles. The summed E-state index contributed by atoms with van der Waals surface area (Å²) >= 11 is 0. The first-order chi connectivity index (χ1) is 11.7. The monoisotopic (exact) mass is 325 g/mol. The minimum atomic E-state index is 0.0331. The van der Waals surface area contributed by atoms with Crippen molar-refractivity contribution in [2.24, 2.45) is 5.92 Å². The van der Waals surface area contributed by atoms with Crippen molar-refractivity contribution in [3.63, 3.8) is 0 Å².